The molecule has 1 amide bonds. The largest absolute Gasteiger partial charge is 0.336 e. The van der Waals surface area contributed by atoms with Gasteiger partial charge in [0.15, 0.2) is 0 Å². The van der Waals surface area contributed by atoms with Crippen molar-refractivity contribution in [1.82, 2.24) is 9.80 Å². The summed E-state index contributed by atoms with van der Waals surface area (Å²) in [6.45, 7) is 12.8. The number of nitrogens with zero attached hydrogens (tertiary/aromatic N) is 2. The van der Waals surface area contributed by atoms with Crippen LogP contribution < -0.4 is 0 Å². The quantitative estimate of drug-likeness (QED) is 0.531. The summed E-state index contributed by atoms with van der Waals surface area (Å²) < 4.78 is 0. The van der Waals surface area contributed by atoms with Gasteiger partial charge >= 0.3 is 0 Å². The Balaban J connectivity index is 2.69. The molecule has 0 aromatic carbocycles. The molecule has 1 heterocycles. The van der Waals surface area contributed by atoms with Crippen LogP contribution in [0.4, 0.5) is 0 Å². The molecule has 1 saturated heterocycles. The van der Waals surface area contributed by atoms with E-state index in [0.29, 0.717) is 5.57 Å². The van der Waals surface area contributed by atoms with E-state index in [-0.39, 0.29) is 5.91 Å². The Hall–Kier alpha value is -1.35. The van der Waals surface area contributed by atoms with Crippen molar-refractivity contribution in [3.63, 3.8) is 0 Å². The first-order chi connectivity index (χ1) is 7.54. The minimum absolute atomic E-state index is 0.0612. The first kappa shape index (κ1) is 12.7. The van der Waals surface area contributed by atoms with E-state index < -0.39 is 0 Å². The van der Waals surface area contributed by atoms with Crippen LogP contribution in [-0.4, -0.2) is 48.9 Å². The van der Waals surface area contributed by atoms with Crippen molar-refractivity contribution in [2.45, 2.75) is 6.92 Å². The lowest BCUT2D eigenvalue weighted by atomic mass is 10.1. The van der Waals surface area contributed by atoms with Gasteiger partial charge in [0.25, 0.3) is 5.91 Å². The van der Waals surface area contributed by atoms with E-state index in [1.165, 1.54) is 0 Å². The molecular weight excluding hydrogens is 200 g/mol. The molecule has 1 rings (SSSR count). The fourth-order valence-corrected chi connectivity index (χ4v) is 1.67. The highest BCUT2D eigenvalue weighted by molar-refractivity contribution is 5.96. The van der Waals surface area contributed by atoms with Crippen molar-refractivity contribution < 1.29 is 4.79 Å². The van der Waals surface area contributed by atoms with Crippen LogP contribution in [0.3, 0.4) is 0 Å². The molecule has 0 aromatic rings. The maximum atomic E-state index is 12.1. The molecule has 0 aromatic heterocycles. The molecule has 1 aliphatic heterocycles. The Morgan fingerprint density at radius 3 is 2.25 bits per heavy atom. The third-order valence-electron chi connectivity index (χ3n) is 2.66. The van der Waals surface area contributed by atoms with Gasteiger partial charge in [0.2, 0.25) is 0 Å². The van der Waals surface area contributed by atoms with E-state index in [4.69, 9.17) is 0 Å². The van der Waals surface area contributed by atoms with Crippen LogP contribution in [0.5, 0.6) is 0 Å². The number of carbonyl (C=O) groups excluding carboxylic acids is 1. The monoisotopic (exact) mass is 220 g/mol. The second-order valence-electron chi connectivity index (χ2n) is 4.25. The van der Waals surface area contributed by atoms with Crippen molar-refractivity contribution >= 4 is 5.91 Å². The topological polar surface area (TPSA) is 23.6 Å². The number of hydrogen-bond donors (Lipinski definition) is 0. The zero-order valence-corrected chi connectivity index (χ0v) is 10.2. The van der Waals surface area contributed by atoms with Crippen LogP contribution in [0.15, 0.2) is 36.5 Å². The molecule has 1 aliphatic rings. The molecule has 0 N–H and O–H groups in total. The predicted molar refractivity (Wildman–Crippen MR) is 67.2 cm³/mol. The van der Waals surface area contributed by atoms with Gasteiger partial charge in [-0.3, -0.25) is 4.79 Å². The highest BCUT2D eigenvalue weighted by Gasteiger charge is 2.20. The molecule has 0 aliphatic carbocycles. The summed E-state index contributed by atoms with van der Waals surface area (Å²) in [7, 11) is 2.07. The number of piperazine rings is 1. The van der Waals surface area contributed by atoms with Gasteiger partial charge in [-0.15, -0.1) is 0 Å². The molecule has 0 radical (unpaired) electrons. The molecule has 0 saturated carbocycles. The molecule has 0 bridgehead atoms. The molecular formula is C13H20N2O. The van der Waals surface area contributed by atoms with E-state index in [1.54, 1.807) is 12.2 Å². The average molecular weight is 220 g/mol. The molecule has 88 valence electrons. The minimum atomic E-state index is 0.0612. The van der Waals surface area contributed by atoms with Crippen molar-refractivity contribution in [1.29, 1.82) is 0 Å². The minimum Gasteiger partial charge on any atom is -0.336 e. The predicted octanol–water partition coefficient (Wildman–Crippen LogP) is 1.45. The van der Waals surface area contributed by atoms with Crippen LogP contribution in [0, 0.1) is 0 Å². The van der Waals surface area contributed by atoms with Gasteiger partial charge in [-0.25, -0.2) is 0 Å². The number of rotatable bonds is 3. The van der Waals surface area contributed by atoms with E-state index in [0.717, 1.165) is 31.8 Å². The number of hydrogen-bond acceptors (Lipinski definition) is 2. The first-order valence-electron chi connectivity index (χ1n) is 5.52. The second kappa shape index (κ2) is 5.66. The summed E-state index contributed by atoms with van der Waals surface area (Å²) in [6.07, 6.45) is 3.39. The van der Waals surface area contributed by atoms with E-state index in [1.807, 2.05) is 11.8 Å². The van der Waals surface area contributed by atoms with Crippen LogP contribution >= 0.6 is 0 Å². The van der Waals surface area contributed by atoms with Gasteiger partial charge in [-0.2, -0.15) is 0 Å². The molecule has 0 unspecified atom stereocenters. The fraction of sp³-hybridized carbons (Fsp3) is 0.462. The maximum Gasteiger partial charge on any atom is 0.253 e. The van der Waals surface area contributed by atoms with Crippen LogP contribution in [0.25, 0.3) is 0 Å². The molecule has 3 nitrogen and oxygen atoms in total. The van der Waals surface area contributed by atoms with Crippen molar-refractivity contribution in [3.8, 4) is 0 Å². The summed E-state index contributed by atoms with van der Waals surface area (Å²) in [5.74, 6) is 0.0612. The van der Waals surface area contributed by atoms with Gasteiger partial charge in [-0.1, -0.05) is 24.8 Å². The first-order valence-corrected chi connectivity index (χ1v) is 5.52. The van der Waals surface area contributed by atoms with Crippen LogP contribution in [0.1, 0.15) is 6.92 Å². The average Bonchev–Trinajstić information content (AvgIpc) is 2.25. The summed E-state index contributed by atoms with van der Waals surface area (Å²) >= 11 is 0. The van der Waals surface area contributed by atoms with Crippen molar-refractivity contribution in [2.75, 3.05) is 33.2 Å². The van der Waals surface area contributed by atoms with Crippen molar-refractivity contribution in [3.05, 3.63) is 36.5 Å². The van der Waals surface area contributed by atoms with Crippen LogP contribution in [0.2, 0.25) is 0 Å². The molecule has 1 fully saturated rings. The smallest absolute Gasteiger partial charge is 0.253 e. The molecule has 0 spiro atoms. The second-order valence-corrected chi connectivity index (χ2v) is 4.25. The lowest BCUT2D eigenvalue weighted by Gasteiger charge is -2.32. The summed E-state index contributed by atoms with van der Waals surface area (Å²) in [4.78, 5) is 16.2. The summed E-state index contributed by atoms with van der Waals surface area (Å²) in [5.41, 5.74) is 1.51. The Kier molecular flexibility index (Phi) is 4.50. The SMILES string of the molecule is C=C/C(=C\C(=C)C)C(=O)N1CCN(C)CC1. The van der Waals surface area contributed by atoms with Crippen molar-refractivity contribution in [2.24, 2.45) is 0 Å². The zero-order chi connectivity index (χ0) is 12.1. The number of amides is 1. The molecule has 0 atom stereocenters. The van der Waals surface area contributed by atoms with Gasteiger partial charge in [0, 0.05) is 31.8 Å². The molecule has 3 heteroatoms. The maximum absolute atomic E-state index is 12.1. The Morgan fingerprint density at radius 1 is 1.25 bits per heavy atom. The Labute approximate surface area is 97.7 Å². The zero-order valence-electron chi connectivity index (χ0n) is 10.2. The van der Waals surface area contributed by atoms with Gasteiger partial charge in [0.05, 0.1) is 0 Å². The normalized spacial score (nSPS) is 18.4. The lowest BCUT2D eigenvalue weighted by Crippen LogP contribution is -2.47. The lowest BCUT2D eigenvalue weighted by molar-refractivity contribution is -0.128. The fourth-order valence-electron chi connectivity index (χ4n) is 1.67. The number of allylic oxidation sites excluding steroid dienone is 2. The van der Waals surface area contributed by atoms with Gasteiger partial charge in [0.1, 0.15) is 0 Å². The van der Waals surface area contributed by atoms with Gasteiger partial charge < -0.3 is 9.80 Å². The highest BCUT2D eigenvalue weighted by Crippen LogP contribution is 2.09. The highest BCUT2D eigenvalue weighted by atomic mass is 16.2. The summed E-state index contributed by atoms with van der Waals surface area (Å²) in [5, 5.41) is 0. The van der Waals surface area contributed by atoms with E-state index >= 15 is 0 Å². The third-order valence-corrected chi connectivity index (χ3v) is 2.66. The van der Waals surface area contributed by atoms with E-state index in [2.05, 4.69) is 25.1 Å². The van der Waals surface area contributed by atoms with Crippen LogP contribution in [-0.2, 0) is 4.79 Å². The van der Waals surface area contributed by atoms with Gasteiger partial charge in [-0.05, 0) is 20.0 Å². The van der Waals surface area contributed by atoms with E-state index in [9.17, 15) is 4.79 Å². The molecule has 16 heavy (non-hydrogen) atoms. The standard InChI is InChI=1S/C13H20N2O/c1-5-12(10-11(2)3)13(16)15-8-6-14(4)7-9-15/h5,10H,1-2,6-9H2,3-4H3/b12-10+. The third kappa shape index (κ3) is 3.35. The Bertz CT molecular complexity index is 323. The Morgan fingerprint density at radius 2 is 1.81 bits per heavy atom. The summed E-state index contributed by atoms with van der Waals surface area (Å²) in [6, 6.07) is 0. The number of carbonyl (C=O) groups is 1. The number of likely N-dealkylation sites (N-methyl/N-ethyl adjacent to an activating group) is 1.